The molecule has 7 heteroatoms. The van der Waals surface area contributed by atoms with Crippen molar-refractivity contribution in [3.8, 4) is 5.75 Å². The van der Waals surface area contributed by atoms with Gasteiger partial charge in [-0.25, -0.2) is 12.8 Å². The maximum Gasteiger partial charge on any atom is 0.264 e. The molecule has 3 rings (SSSR count). The second-order valence-electron chi connectivity index (χ2n) is 6.70. The lowest BCUT2D eigenvalue weighted by atomic mass is 10.0. The molecule has 2 aromatic carbocycles. The molecule has 0 aliphatic carbocycles. The molecule has 0 spiro atoms. The smallest absolute Gasteiger partial charge is 0.264 e. The summed E-state index contributed by atoms with van der Waals surface area (Å²) < 4.78 is 52.8. The zero-order valence-electron chi connectivity index (χ0n) is 15.8. The third-order valence-electron chi connectivity index (χ3n) is 4.62. The van der Waals surface area contributed by atoms with Crippen LogP contribution in [0.1, 0.15) is 23.1 Å². The Morgan fingerprint density at radius 3 is 2.63 bits per heavy atom. The highest BCUT2D eigenvalue weighted by atomic mass is 32.2. The lowest BCUT2D eigenvalue weighted by Gasteiger charge is -2.31. The summed E-state index contributed by atoms with van der Waals surface area (Å²) in [6, 6.07) is 7.94. The number of sulfonamides is 1. The maximum atomic E-state index is 14.6. The van der Waals surface area contributed by atoms with Gasteiger partial charge in [0.1, 0.15) is 18.2 Å². The van der Waals surface area contributed by atoms with Gasteiger partial charge in [-0.15, -0.1) is 0 Å². The Kier molecular flexibility index (Phi) is 5.72. The van der Waals surface area contributed by atoms with Gasteiger partial charge >= 0.3 is 0 Å². The molecule has 0 aromatic heterocycles. The van der Waals surface area contributed by atoms with E-state index in [2.05, 4.69) is 0 Å². The number of methoxy groups -OCH3 is 1. The molecule has 0 N–H and O–H groups in total. The van der Waals surface area contributed by atoms with Crippen molar-refractivity contribution in [2.24, 2.45) is 0 Å². The largest absolute Gasteiger partial charge is 0.491 e. The van der Waals surface area contributed by atoms with Crippen LogP contribution in [0, 0.1) is 19.7 Å². The van der Waals surface area contributed by atoms with Gasteiger partial charge < -0.3 is 9.47 Å². The number of anilines is 1. The van der Waals surface area contributed by atoms with Gasteiger partial charge in [-0.05, 0) is 67.6 Å². The molecule has 0 amide bonds. The Morgan fingerprint density at radius 1 is 1.15 bits per heavy atom. The van der Waals surface area contributed by atoms with Crippen molar-refractivity contribution in [2.75, 3.05) is 31.2 Å². The lowest BCUT2D eigenvalue weighted by molar-refractivity contribution is 0.146. The molecule has 1 aliphatic rings. The fourth-order valence-corrected chi connectivity index (χ4v) is 4.98. The minimum atomic E-state index is -3.86. The molecule has 0 fully saturated rings. The number of aryl methyl sites for hydroxylation is 3. The lowest BCUT2D eigenvalue weighted by Crippen LogP contribution is -2.36. The summed E-state index contributed by atoms with van der Waals surface area (Å²) in [5.41, 5.74) is 2.40. The van der Waals surface area contributed by atoms with Crippen LogP contribution in [0.2, 0.25) is 0 Å². The summed E-state index contributed by atoms with van der Waals surface area (Å²) in [7, 11) is -2.28. The highest BCUT2D eigenvalue weighted by Gasteiger charge is 2.32. The van der Waals surface area contributed by atoms with E-state index in [0.29, 0.717) is 37.4 Å². The first-order valence-electron chi connectivity index (χ1n) is 8.88. The number of hydrogen-bond donors (Lipinski definition) is 0. The van der Waals surface area contributed by atoms with E-state index in [0.717, 1.165) is 11.1 Å². The van der Waals surface area contributed by atoms with Crippen molar-refractivity contribution < 1.29 is 22.3 Å². The van der Waals surface area contributed by atoms with E-state index >= 15 is 0 Å². The third-order valence-corrected chi connectivity index (χ3v) is 6.42. The van der Waals surface area contributed by atoms with Crippen molar-refractivity contribution in [1.29, 1.82) is 0 Å². The SMILES string of the molecule is COCCOc1ccc(S(=O)(=O)N2CCCc3cc(C)cc(F)c32)cc1C. The third kappa shape index (κ3) is 3.94. The summed E-state index contributed by atoms with van der Waals surface area (Å²) >= 11 is 0. The van der Waals surface area contributed by atoms with E-state index in [1.54, 1.807) is 26.2 Å². The second-order valence-corrected chi connectivity index (χ2v) is 8.57. The zero-order chi connectivity index (χ0) is 19.6. The van der Waals surface area contributed by atoms with Crippen molar-refractivity contribution in [3.05, 3.63) is 52.8 Å². The van der Waals surface area contributed by atoms with Crippen LogP contribution in [0.3, 0.4) is 0 Å². The molecular weight excluding hydrogens is 369 g/mol. The normalized spacial score (nSPS) is 14.1. The predicted molar refractivity (Wildman–Crippen MR) is 103 cm³/mol. The Balaban J connectivity index is 1.96. The van der Waals surface area contributed by atoms with Crippen molar-refractivity contribution >= 4 is 15.7 Å². The van der Waals surface area contributed by atoms with Crippen LogP contribution in [0.4, 0.5) is 10.1 Å². The van der Waals surface area contributed by atoms with Crippen LogP contribution < -0.4 is 9.04 Å². The van der Waals surface area contributed by atoms with Gasteiger partial charge in [0.25, 0.3) is 10.0 Å². The number of nitrogens with zero attached hydrogens (tertiary/aromatic N) is 1. The number of fused-ring (bicyclic) bond motifs is 1. The molecule has 0 saturated heterocycles. The minimum Gasteiger partial charge on any atom is -0.491 e. The fourth-order valence-electron chi connectivity index (χ4n) is 3.35. The van der Waals surface area contributed by atoms with Gasteiger partial charge in [-0.3, -0.25) is 4.31 Å². The second kappa shape index (κ2) is 7.86. The molecule has 0 saturated carbocycles. The van der Waals surface area contributed by atoms with E-state index in [-0.39, 0.29) is 17.1 Å². The molecule has 27 heavy (non-hydrogen) atoms. The van der Waals surface area contributed by atoms with E-state index in [9.17, 15) is 12.8 Å². The van der Waals surface area contributed by atoms with Gasteiger partial charge in [0, 0.05) is 13.7 Å². The van der Waals surface area contributed by atoms with Gasteiger partial charge in [-0.2, -0.15) is 0 Å². The number of halogens is 1. The van der Waals surface area contributed by atoms with Crippen molar-refractivity contribution in [3.63, 3.8) is 0 Å². The Hall–Kier alpha value is -2.12. The van der Waals surface area contributed by atoms with Crippen LogP contribution in [0.25, 0.3) is 0 Å². The Morgan fingerprint density at radius 2 is 1.93 bits per heavy atom. The van der Waals surface area contributed by atoms with E-state index in [4.69, 9.17) is 9.47 Å². The number of ether oxygens (including phenoxy) is 2. The minimum absolute atomic E-state index is 0.131. The van der Waals surface area contributed by atoms with Crippen LogP contribution >= 0.6 is 0 Å². The number of rotatable bonds is 6. The first-order valence-corrected chi connectivity index (χ1v) is 10.3. The summed E-state index contributed by atoms with van der Waals surface area (Å²) in [6.07, 6.45) is 1.33. The number of hydrogen-bond acceptors (Lipinski definition) is 4. The summed E-state index contributed by atoms with van der Waals surface area (Å²) in [5, 5.41) is 0. The summed E-state index contributed by atoms with van der Waals surface area (Å²) in [4.78, 5) is 0.131. The Labute approximate surface area is 159 Å². The van der Waals surface area contributed by atoms with E-state index in [1.165, 1.54) is 16.4 Å². The monoisotopic (exact) mass is 393 g/mol. The summed E-state index contributed by atoms with van der Waals surface area (Å²) in [5.74, 6) is 0.108. The van der Waals surface area contributed by atoms with Gasteiger partial charge in [-0.1, -0.05) is 6.07 Å². The molecule has 1 aliphatic heterocycles. The average Bonchev–Trinajstić information content (AvgIpc) is 2.62. The maximum absolute atomic E-state index is 14.6. The molecule has 1 heterocycles. The van der Waals surface area contributed by atoms with Gasteiger partial charge in [0.2, 0.25) is 0 Å². The molecule has 0 radical (unpaired) electrons. The molecule has 5 nitrogen and oxygen atoms in total. The quantitative estimate of drug-likeness (QED) is 0.704. The van der Waals surface area contributed by atoms with Crippen molar-refractivity contribution in [1.82, 2.24) is 0 Å². The van der Waals surface area contributed by atoms with E-state index < -0.39 is 15.8 Å². The number of benzene rings is 2. The highest BCUT2D eigenvalue weighted by Crippen LogP contribution is 2.35. The first-order chi connectivity index (χ1) is 12.8. The van der Waals surface area contributed by atoms with Crippen LogP contribution in [0.15, 0.2) is 35.2 Å². The fraction of sp³-hybridized carbons (Fsp3) is 0.400. The molecule has 0 bridgehead atoms. The molecule has 2 aromatic rings. The summed E-state index contributed by atoms with van der Waals surface area (Å²) in [6.45, 7) is 4.69. The zero-order valence-corrected chi connectivity index (χ0v) is 16.6. The van der Waals surface area contributed by atoms with Gasteiger partial charge in [0.05, 0.1) is 17.2 Å². The topological polar surface area (TPSA) is 55.8 Å². The molecule has 0 unspecified atom stereocenters. The van der Waals surface area contributed by atoms with Crippen LogP contribution in [0.5, 0.6) is 5.75 Å². The van der Waals surface area contributed by atoms with Crippen LogP contribution in [-0.4, -0.2) is 35.3 Å². The first kappa shape index (κ1) is 19.6. The standard InChI is InChI=1S/C20H24FNO4S/c1-14-11-16-5-4-8-22(20(16)18(21)12-14)27(23,24)17-6-7-19(15(2)13-17)26-10-9-25-3/h6-7,11-13H,4-5,8-10H2,1-3H3. The van der Waals surface area contributed by atoms with E-state index in [1.807, 2.05) is 13.0 Å². The van der Waals surface area contributed by atoms with Crippen LogP contribution in [-0.2, 0) is 21.2 Å². The van der Waals surface area contributed by atoms with Crippen molar-refractivity contribution in [2.45, 2.75) is 31.6 Å². The molecule has 146 valence electrons. The molecular formula is C20H24FNO4S. The Bertz CT molecular complexity index is 943. The predicted octanol–water partition coefficient (Wildman–Crippen LogP) is 3.61. The molecule has 0 atom stereocenters. The highest BCUT2D eigenvalue weighted by molar-refractivity contribution is 7.92. The average molecular weight is 393 g/mol. The van der Waals surface area contributed by atoms with Gasteiger partial charge in [0.15, 0.2) is 0 Å².